The Labute approximate surface area is 100 Å². The highest BCUT2D eigenvalue weighted by Crippen LogP contribution is 2.21. The summed E-state index contributed by atoms with van der Waals surface area (Å²) in [5.74, 6) is 1.98. The summed E-state index contributed by atoms with van der Waals surface area (Å²) in [5, 5.41) is 0. The van der Waals surface area contributed by atoms with Crippen molar-refractivity contribution in [2.24, 2.45) is 5.92 Å². The molecule has 0 spiro atoms. The summed E-state index contributed by atoms with van der Waals surface area (Å²) in [6.45, 7) is 12.7. The summed E-state index contributed by atoms with van der Waals surface area (Å²) in [6, 6.07) is 6.91. The Morgan fingerprint density at radius 3 is 2.38 bits per heavy atom. The fourth-order valence-corrected chi connectivity index (χ4v) is 1.90. The smallest absolute Gasteiger partial charge is 0.0230 e. The third kappa shape index (κ3) is 3.52. The third-order valence-electron chi connectivity index (χ3n) is 2.87. The van der Waals surface area contributed by atoms with E-state index >= 15 is 0 Å². The average molecular weight is 215 g/mol. The molecule has 0 aliphatic heterocycles. The van der Waals surface area contributed by atoms with Crippen LogP contribution >= 0.6 is 0 Å². The lowest BCUT2D eigenvalue weighted by molar-refractivity contribution is 0.646. The zero-order valence-corrected chi connectivity index (χ0v) is 11.0. The van der Waals surface area contributed by atoms with E-state index < -0.39 is 0 Å². The molecule has 0 aromatic heterocycles. The van der Waals surface area contributed by atoms with E-state index in [9.17, 15) is 0 Å². The summed E-state index contributed by atoms with van der Waals surface area (Å²) in [7, 11) is 0. The molecule has 0 fully saturated rings. The number of aryl methyl sites for hydroxylation is 1. The molecule has 0 aliphatic carbocycles. The van der Waals surface area contributed by atoms with Crippen molar-refractivity contribution >= 4 is 0 Å². The van der Waals surface area contributed by atoms with E-state index in [1.807, 2.05) is 6.08 Å². The first-order valence-corrected chi connectivity index (χ1v) is 6.16. The van der Waals surface area contributed by atoms with E-state index in [1.54, 1.807) is 0 Å². The first kappa shape index (κ1) is 13.0. The van der Waals surface area contributed by atoms with E-state index in [4.69, 9.17) is 0 Å². The normalized spacial score (nSPS) is 11.1. The second-order valence-corrected chi connectivity index (χ2v) is 4.88. The van der Waals surface area contributed by atoms with Gasteiger partial charge in [-0.1, -0.05) is 52.0 Å². The van der Waals surface area contributed by atoms with Crippen LogP contribution in [-0.2, 0) is 12.8 Å². The summed E-state index contributed by atoms with van der Waals surface area (Å²) in [6.07, 6.45) is 4.20. The predicted molar refractivity (Wildman–Crippen MR) is 72.6 cm³/mol. The van der Waals surface area contributed by atoms with Crippen molar-refractivity contribution < 1.29 is 0 Å². The summed E-state index contributed by atoms with van der Waals surface area (Å²) >= 11 is 0. The molecular weight excluding hydrogens is 192 g/mol. The van der Waals surface area contributed by atoms with Crippen molar-refractivity contribution in [1.82, 2.24) is 0 Å². The van der Waals surface area contributed by atoms with Gasteiger partial charge in [-0.3, -0.25) is 0 Å². The van der Waals surface area contributed by atoms with E-state index in [1.165, 1.54) is 22.6 Å². The van der Waals surface area contributed by atoms with Gasteiger partial charge in [0.05, 0.1) is 0 Å². The zero-order valence-electron chi connectivity index (χ0n) is 11.0. The van der Waals surface area contributed by atoms with E-state index in [0.29, 0.717) is 5.92 Å². The SMILES string of the molecule is C=C[C](C)c1cc(CC)cc(CC(C)C)c1. The van der Waals surface area contributed by atoms with Gasteiger partial charge in [0.2, 0.25) is 0 Å². The molecule has 0 nitrogen and oxygen atoms in total. The molecule has 0 amide bonds. The molecule has 1 radical (unpaired) electrons. The van der Waals surface area contributed by atoms with E-state index in [0.717, 1.165) is 12.8 Å². The molecular formula is C16H23. The molecule has 0 unspecified atom stereocenters. The minimum absolute atomic E-state index is 0.712. The van der Waals surface area contributed by atoms with Crippen LogP contribution in [0.4, 0.5) is 0 Å². The zero-order chi connectivity index (χ0) is 12.1. The molecule has 0 heteroatoms. The molecule has 0 saturated heterocycles. The summed E-state index contributed by atoms with van der Waals surface area (Å²) in [4.78, 5) is 0. The number of rotatable bonds is 5. The molecule has 1 rings (SSSR count). The second kappa shape index (κ2) is 5.89. The van der Waals surface area contributed by atoms with Gasteiger partial charge < -0.3 is 0 Å². The van der Waals surface area contributed by atoms with Crippen LogP contribution in [0.2, 0.25) is 0 Å². The van der Waals surface area contributed by atoms with Crippen LogP contribution < -0.4 is 0 Å². The molecule has 1 aromatic rings. The van der Waals surface area contributed by atoms with Gasteiger partial charge in [-0.2, -0.15) is 0 Å². The number of benzene rings is 1. The molecule has 0 heterocycles. The molecule has 0 N–H and O–H groups in total. The molecule has 0 atom stereocenters. The maximum Gasteiger partial charge on any atom is 0.0230 e. The molecule has 87 valence electrons. The first-order chi connectivity index (χ1) is 7.56. The highest BCUT2D eigenvalue weighted by atomic mass is 14.1. The summed E-state index contributed by atoms with van der Waals surface area (Å²) in [5.41, 5.74) is 4.20. The lowest BCUT2D eigenvalue weighted by atomic mass is 9.92. The number of hydrogen-bond acceptors (Lipinski definition) is 0. The van der Waals surface area contributed by atoms with Crippen molar-refractivity contribution in [2.75, 3.05) is 0 Å². The molecule has 0 bridgehead atoms. The largest absolute Gasteiger partial charge is 0.102 e. The van der Waals surface area contributed by atoms with Gasteiger partial charge in [-0.25, -0.2) is 0 Å². The average Bonchev–Trinajstić information content (AvgIpc) is 2.26. The fourth-order valence-electron chi connectivity index (χ4n) is 1.90. The van der Waals surface area contributed by atoms with Crippen LogP contribution in [0.1, 0.15) is 44.4 Å². The Kier molecular flexibility index (Phi) is 4.79. The van der Waals surface area contributed by atoms with E-state index in [-0.39, 0.29) is 0 Å². The van der Waals surface area contributed by atoms with Gasteiger partial charge in [0.25, 0.3) is 0 Å². The lowest BCUT2D eigenvalue weighted by Crippen LogP contribution is -1.99. The Morgan fingerprint density at radius 2 is 1.88 bits per heavy atom. The third-order valence-corrected chi connectivity index (χ3v) is 2.87. The Bertz CT molecular complexity index is 347. The number of hydrogen-bond donors (Lipinski definition) is 0. The van der Waals surface area contributed by atoms with Gasteiger partial charge >= 0.3 is 0 Å². The number of allylic oxidation sites excluding steroid dienone is 1. The van der Waals surface area contributed by atoms with Gasteiger partial charge in [-0.15, -0.1) is 6.58 Å². The van der Waals surface area contributed by atoms with Crippen LogP contribution in [0.15, 0.2) is 30.9 Å². The van der Waals surface area contributed by atoms with Crippen molar-refractivity contribution in [1.29, 1.82) is 0 Å². The van der Waals surface area contributed by atoms with Crippen LogP contribution in [0, 0.1) is 11.8 Å². The highest BCUT2D eigenvalue weighted by molar-refractivity contribution is 5.41. The highest BCUT2D eigenvalue weighted by Gasteiger charge is 2.06. The molecule has 1 aromatic carbocycles. The maximum atomic E-state index is 3.85. The van der Waals surface area contributed by atoms with Crippen molar-refractivity contribution in [2.45, 2.75) is 40.5 Å². The Morgan fingerprint density at radius 1 is 1.25 bits per heavy atom. The van der Waals surface area contributed by atoms with Gasteiger partial charge in [-0.05, 0) is 35.4 Å². The standard InChI is InChI=1S/C16H23/c1-6-13(5)16-10-14(7-2)9-15(11-16)8-12(3)4/h6,9-12H,1,7-8H2,2-5H3. The monoisotopic (exact) mass is 215 g/mol. The fraction of sp³-hybridized carbons (Fsp3) is 0.438. The van der Waals surface area contributed by atoms with Crippen LogP contribution in [0.5, 0.6) is 0 Å². The predicted octanol–water partition coefficient (Wildman–Crippen LogP) is 4.58. The van der Waals surface area contributed by atoms with Crippen LogP contribution in [0.3, 0.4) is 0 Å². The summed E-state index contributed by atoms with van der Waals surface area (Å²) < 4.78 is 0. The van der Waals surface area contributed by atoms with Crippen LogP contribution in [-0.4, -0.2) is 0 Å². The Balaban J connectivity index is 3.05. The van der Waals surface area contributed by atoms with Gasteiger partial charge in [0, 0.05) is 5.92 Å². The first-order valence-electron chi connectivity index (χ1n) is 6.16. The molecule has 0 saturated carbocycles. The molecule has 16 heavy (non-hydrogen) atoms. The molecule has 0 aliphatic rings. The second-order valence-electron chi connectivity index (χ2n) is 4.88. The topological polar surface area (TPSA) is 0 Å². The minimum Gasteiger partial charge on any atom is -0.102 e. The van der Waals surface area contributed by atoms with E-state index in [2.05, 4.69) is 52.5 Å². The minimum atomic E-state index is 0.712. The maximum absolute atomic E-state index is 3.85. The van der Waals surface area contributed by atoms with Gasteiger partial charge in [0.1, 0.15) is 0 Å². The van der Waals surface area contributed by atoms with Gasteiger partial charge in [0.15, 0.2) is 0 Å². The van der Waals surface area contributed by atoms with Crippen molar-refractivity contribution in [3.63, 3.8) is 0 Å². The Hall–Kier alpha value is -1.04. The lowest BCUT2D eigenvalue weighted by Gasteiger charge is -2.13. The quantitative estimate of drug-likeness (QED) is 0.674. The van der Waals surface area contributed by atoms with Crippen molar-refractivity contribution in [3.8, 4) is 0 Å². The van der Waals surface area contributed by atoms with Crippen LogP contribution in [0.25, 0.3) is 0 Å². The van der Waals surface area contributed by atoms with Crippen molar-refractivity contribution in [3.05, 3.63) is 53.5 Å².